The molecule has 0 amide bonds. The monoisotopic (exact) mass is 495 g/mol. The first-order valence-electron chi connectivity index (χ1n) is 13.0. The van der Waals surface area contributed by atoms with E-state index >= 15 is 0 Å². The summed E-state index contributed by atoms with van der Waals surface area (Å²) in [5.74, 6) is 2.07. The Bertz CT molecular complexity index is 1010. The van der Waals surface area contributed by atoms with Crippen molar-refractivity contribution in [3.63, 3.8) is 0 Å². The minimum atomic E-state index is -0.762. The van der Waals surface area contributed by atoms with E-state index < -0.39 is 6.10 Å². The molecule has 7 heteroatoms. The predicted octanol–water partition coefficient (Wildman–Crippen LogP) is 4.61. The maximum atomic E-state index is 12.9. The van der Waals surface area contributed by atoms with Crippen molar-refractivity contribution in [2.24, 2.45) is 5.92 Å². The van der Waals surface area contributed by atoms with Gasteiger partial charge >= 0.3 is 0 Å². The zero-order valence-electron chi connectivity index (χ0n) is 21.1. The number of fused-ring (bicyclic) bond motifs is 1. The highest BCUT2D eigenvalue weighted by molar-refractivity contribution is 5.96. The van der Waals surface area contributed by atoms with E-state index in [0.29, 0.717) is 68.9 Å². The highest BCUT2D eigenvalue weighted by atomic mass is 16.6. The second-order valence-corrected chi connectivity index (χ2v) is 9.72. The predicted molar refractivity (Wildman–Crippen MR) is 137 cm³/mol. The fraction of sp³-hybridized carbons (Fsp3) is 0.517. The number of hydrogen-bond acceptors (Lipinski definition) is 7. The number of carbonyl (C=O) groups excluding carboxylic acids is 2. The molecule has 2 heterocycles. The molecule has 2 atom stereocenters. The molecule has 0 radical (unpaired) electrons. The smallest absolute Gasteiger partial charge is 0.162 e. The lowest BCUT2D eigenvalue weighted by Crippen LogP contribution is -2.31. The summed E-state index contributed by atoms with van der Waals surface area (Å²) >= 11 is 0. The van der Waals surface area contributed by atoms with E-state index in [-0.39, 0.29) is 17.5 Å². The summed E-state index contributed by atoms with van der Waals surface area (Å²) in [7, 11) is 1.60. The average molecular weight is 496 g/mol. The number of rotatable bonds is 13. The van der Waals surface area contributed by atoms with Crippen LogP contribution in [0.3, 0.4) is 0 Å². The van der Waals surface area contributed by atoms with Crippen molar-refractivity contribution in [1.29, 1.82) is 0 Å². The van der Waals surface area contributed by atoms with E-state index in [1.807, 2.05) is 18.2 Å². The van der Waals surface area contributed by atoms with Gasteiger partial charge in [-0.2, -0.15) is 0 Å². The SMILES string of the molecule is COc1ccc(C(=O)CCCCC(=O)C[C@H](CN2CCCC2)[C@H](O)c2ccc3c(c2)OCCO3)cc1. The minimum Gasteiger partial charge on any atom is -0.497 e. The average Bonchev–Trinajstić information content (AvgIpc) is 3.43. The van der Waals surface area contributed by atoms with Crippen molar-refractivity contribution >= 4 is 11.6 Å². The fourth-order valence-electron chi connectivity index (χ4n) is 5.01. The first kappa shape index (κ1) is 26.2. The Morgan fingerprint density at radius 2 is 1.67 bits per heavy atom. The van der Waals surface area contributed by atoms with Crippen LogP contribution in [0.4, 0.5) is 0 Å². The molecule has 2 aromatic carbocycles. The lowest BCUT2D eigenvalue weighted by Gasteiger charge is -2.28. The van der Waals surface area contributed by atoms with E-state index in [0.717, 1.165) is 37.2 Å². The molecule has 1 fully saturated rings. The lowest BCUT2D eigenvalue weighted by molar-refractivity contribution is -0.121. The van der Waals surface area contributed by atoms with E-state index in [9.17, 15) is 14.7 Å². The van der Waals surface area contributed by atoms with Gasteiger partial charge in [0.25, 0.3) is 0 Å². The molecule has 0 spiro atoms. The second-order valence-electron chi connectivity index (χ2n) is 9.72. The number of aliphatic hydroxyl groups is 1. The molecular weight excluding hydrogens is 458 g/mol. The summed E-state index contributed by atoms with van der Waals surface area (Å²) in [6.07, 6.45) is 4.03. The first-order chi connectivity index (χ1) is 17.5. The van der Waals surface area contributed by atoms with Gasteiger partial charge in [0, 0.05) is 37.3 Å². The number of methoxy groups -OCH3 is 1. The van der Waals surface area contributed by atoms with Crippen LogP contribution in [0, 0.1) is 5.92 Å². The van der Waals surface area contributed by atoms with Crippen molar-refractivity contribution in [3.05, 3.63) is 53.6 Å². The number of benzene rings is 2. The van der Waals surface area contributed by atoms with Gasteiger partial charge < -0.3 is 24.2 Å². The molecule has 4 rings (SSSR count). The minimum absolute atomic E-state index is 0.0750. The van der Waals surface area contributed by atoms with Crippen molar-refractivity contribution in [1.82, 2.24) is 4.90 Å². The molecule has 0 unspecified atom stereocenters. The summed E-state index contributed by atoms with van der Waals surface area (Å²) in [4.78, 5) is 27.7. The summed E-state index contributed by atoms with van der Waals surface area (Å²) in [5, 5.41) is 11.3. The maximum Gasteiger partial charge on any atom is 0.162 e. The van der Waals surface area contributed by atoms with Gasteiger partial charge in [-0.3, -0.25) is 9.59 Å². The molecule has 7 nitrogen and oxygen atoms in total. The molecule has 36 heavy (non-hydrogen) atoms. The largest absolute Gasteiger partial charge is 0.497 e. The third-order valence-corrected chi connectivity index (χ3v) is 7.06. The number of nitrogens with zero attached hydrogens (tertiary/aromatic N) is 1. The van der Waals surface area contributed by atoms with E-state index in [2.05, 4.69) is 4.90 Å². The number of carbonyl (C=O) groups is 2. The van der Waals surface area contributed by atoms with Crippen molar-refractivity contribution in [2.45, 2.75) is 51.0 Å². The number of likely N-dealkylation sites (tertiary alicyclic amines) is 1. The number of unbranched alkanes of at least 4 members (excludes halogenated alkanes) is 1. The van der Waals surface area contributed by atoms with Crippen LogP contribution in [-0.2, 0) is 4.79 Å². The van der Waals surface area contributed by atoms with Crippen LogP contribution in [0.15, 0.2) is 42.5 Å². The molecule has 0 saturated carbocycles. The van der Waals surface area contributed by atoms with Crippen LogP contribution in [0.1, 0.15) is 67.0 Å². The van der Waals surface area contributed by atoms with Crippen LogP contribution >= 0.6 is 0 Å². The molecule has 0 bridgehead atoms. The fourth-order valence-corrected chi connectivity index (χ4v) is 5.01. The number of aliphatic hydroxyl groups excluding tert-OH is 1. The van der Waals surface area contributed by atoms with Gasteiger partial charge in [-0.25, -0.2) is 0 Å². The highest BCUT2D eigenvalue weighted by Gasteiger charge is 2.28. The first-order valence-corrected chi connectivity index (χ1v) is 13.0. The summed E-state index contributed by atoms with van der Waals surface area (Å²) in [6.45, 7) is 3.71. The van der Waals surface area contributed by atoms with E-state index in [1.54, 1.807) is 31.4 Å². The van der Waals surface area contributed by atoms with Crippen molar-refractivity contribution < 1.29 is 28.9 Å². The Balaban J connectivity index is 1.30. The Labute approximate surface area is 213 Å². The Morgan fingerprint density at radius 3 is 2.39 bits per heavy atom. The summed E-state index contributed by atoms with van der Waals surface area (Å²) in [5.41, 5.74) is 1.41. The van der Waals surface area contributed by atoms with Crippen LogP contribution in [-0.4, -0.2) is 61.5 Å². The van der Waals surface area contributed by atoms with Gasteiger partial charge in [0.15, 0.2) is 17.3 Å². The van der Waals surface area contributed by atoms with Crippen LogP contribution in [0.2, 0.25) is 0 Å². The quantitative estimate of drug-likeness (QED) is 0.321. The van der Waals surface area contributed by atoms with Gasteiger partial charge in [-0.1, -0.05) is 6.07 Å². The zero-order valence-corrected chi connectivity index (χ0v) is 21.1. The number of ketones is 2. The Kier molecular flexibility index (Phi) is 9.36. The zero-order chi connectivity index (χ0) is 25.3. The van der Waals surface area contributed by atoms with Gasteiger partial charge in [0.2, 0.25) is 0 Å². The highest BCUT2D eigenvalue weighted by Crippen LogP contribution is 2.36. The number of Topliss-reactive ketones (excluding diaryl/α,β-unsaturated/α-hetero) is 2. The lowest BCUT2D eigenvalue weighted by atomic mass is 9.89. The molecular formula is C29H37NO6. The maximum absolute atomic E-state index is 12.9. The molecule has 1 saturated heterocycles. The molecule has 0 aromatic heterocycles. The van der Waals surface area contributed by atoms with Gasteiger partial charge in [-0.05, 0) is 80.7 Å². The second kappa shape index (κ2) is 12.9. The summed E-state index contributed by atoms with van der Waals surface area (Å²) in [6, 6.07) is 12.6. The van der Waals surface area contributed by atoms with Crippen molar-refractivity contribution in [3.8, 4) is 17.2 Å². The standard InChI is InChI=1S/C29H37NO6/c1-34-25-11-8-21(9-12-25)26(32)7-3-2-6-24(31)18-23(20-30-14-4-5-15-30)29(33)22-10-13-27-28(19-22)36-17-16-35-27/h8-13,19,23,29,33H,2-7,14-18,20H2,1H3/t23-,29-/m1/s1. The molecule has 1 N–H and O–H groups in total. The Hall–Kier alpha value is -2.90. The van der Waals surface area contributed by atoms with Crippen molar-refractivity contribution in [2.75, 3.05) is 40.0 Å². The topological polar surface area (TPSA) is 85.3 Å². The molecule has 0 aliphatic carbocycles. The van der Waals surface area contributed by atoms with E-state index in [4.69, 9.17) is 14.2 Å². The molecule has 2 aliphatic rings. The molecule has 194 valence electrons. The normalized spacial score (nSPS) is 16.9. The van der Waals surface area contributed by atoms with Gasteiger partial charge in [-0.15, -0.1) is 0 Å². The number of hydrogen-bond donors (Lipinski definition) is 1. The molecule has 2 aliphatic heterocycles. The van der Waals surface area contributed by atoms with Crippen LogP contribution in [0.25, 0.3) is 0 Å². The van der Waals surface area contributed by atoms with E-state index in [1.165, 1.54) is 0 Å². The molecule has 2 aromatic rings. The third kappa shape index (κ3) is 7.08. The van der Waals surface area contributed by atoms with Gasteiger partial charge in [0.1, 0.15) is 24.7 Å². The van der Waals surface area contributed by atoms with Crippen LogP contribution < -0.4 is 14.2 Å². The summed E-state index contributed by atoms with van der Waals surface area (Å²) < 4.78 is 16.4. The Morgan fingerprint density at radius 1 is 0.972 bits per heavy atom. The third-order valence-electron chi connectivity index (χ3n) is 7.06. The van der Waals surface area contributed by atoms with Crippen LogP contribution in [0.5, 0.6) is 17.2 Å². The van der Waals surface area contributed by atoms with Gasteiger partial charge in [0.05, 0.1) is 13.2 Å². The number of ether oxygens (including phenoxy) is 3.